The molecule has 0 amide bonds. The predicted octanol–water partition coefficient (Wildman–Crippen LogP) is 3.24. The van der Waals surface area contributed by atoms with E-state index in [1.165, 1.54) is 0 Å². The maximum atomic E-state index is 9.17. The number of aliphatic hydroxyl groups excluding tert-OH is 1. The summed E-state index contributed by atoms with van der Waals surface area (Å²) in [5, 5.41) is 9.17. The number of pyridine rings is 1. The van der Waals surface area contributed by atoms with Gasteiger partial charge in [0.15, 0.2) is 0 Å². The van der Waals surface area contributed by atoms with E-state index in [0.29, 0.717) is 5.88 Å². The lowest BCUT2D eigenvalue weighted by Crippen LogP contribution is -1.95. The summed E-state index contributed by atoms with van der Waals surface area (Å²) < 4.78 is 5.80. The van der Waals surface area contributed by atoms with Crippen molar-refractivity contribution in [3.8, 4) is 11.6 Å². The summed E-state index contributed by atoms with van der Waals surface area (Å²) in [6, 6.07) is 11.5. The molecule has 94 valence electrons. The van der Waals surface area contributed by atoms with E-state index in [2.05, 4.69) is 11.9 Å². The summed E-state index contributed by atoms with van der Waals surface area (Å²) in [5.41, 5.74) is 2.79. The van der Waals surface area contributed by atoms with Crippen LogP contribution in [0.1, 0.15) is 23.7 Å². The van der Waals surface area contributed by atoms with Gasteiger partial charge in [0.05, 0.1) is 6.61 Å². The minimum Gasteiger partial charge on any atom is -0.439 e. The second kappa shape index (κ2) is 5.65. The van der Waals surface area contributed by atoms with E-state index in [9.17, 15) is 5.11 Å². The average Bonchev–Trinajstić information content (AvgIpc) is 2.38. The monoisotopic (exact) mass is 243 g/mol. The fourth-order valence-corrected chi connectivity index (χ4v) is 1.86. The minimum atomic E-state index is -0.00482. The van der Waals surface area contributed by atoms with Gasteiger partial charge in [-0.1, -0.05) is 25.1 Å². The Morgan fingerprint density at radius 1 is 1.22 bits per heavy atom. The second-order valence-electron chi connectivity index (χ2n) is 4.18. The van der Waals surface area contributed by atoms with Crippen molar-refractivity contribution in [1.82, 2.24) is 4.98 Å². The van der Waals surface area contributed by atoms with Crippen molar-refractivity contribution in [1.29, 1.82) is 0 Å². The zero-order valence-electron chi connectivity index (χ0n) is 10.7. The van der Waals surface area contributed by atoms with Crippen molar-refractivity contribution >= 4 is 0 Å². The quantitative estimate of drug-likeness (QED) is 0.896. The summed E-state index contributed by atoms with van der Waals surface area (Å²) in [4.78, 5) is 4.32. The predicted molar refractivity (Wildman–Crippen MR) is 70.8 cm³/mol. The van der Waals surface area contributed by atoms with E-state index < -0.39 is 0 Å². The molecule has 0 saturated heterocycles. The van der Waals surface area contributed by atoms with Crippen molar-refractivity contribution in [2.45, 2.75) is 26.9 Å². The lowest BCUT2D eigenvalue weighted by molar-refractivity contribution is 0.281. The molecular weight excluding hydrogens is 226 g/mol. The molecule has 0 saturated carbocycles. The van der Waals surface area contributed by atoms with Crippen molar-refractivity contribution in [3.63, 3.8) is 0 Å². The summed E-state index contributed by atoms with van der Waals surface area (Å²) in [6.45, 7) is 3.97. The molecule has 2 rings (SSSR count). The maximum Gasteiger partial charge on any atom is 0.219 e. The van der Waals surface area contributed by atoms with Crippen molar-refractivity contribution < 1.29 is 9.84 Å². The molecular formula is C15H17NO2. The van der Waals surface area contributed by atoms with Crippen LogP contribution in [0.15, 0.2) is 36.4 Å². The Labute approximate surface area is 107 Å². The van der Waals surface area contributed by atoms with Crippen LogP contribution in [0.3, 0.4) is 0 Å². The Bertz CT molecular complexity index is 538. The summed E-state index contributed by atoms with van der Waals surface area (Å²) >= 11 is 0. The first-order valence-corrected chi connectivity index (χ1v) is 6.07. The van der Waals surface area contributed by atoms with Crippen LogP contribution in [0, 0.1) is 6.92 Å². The van der Waals surface area contributed by atoms with Gasteiger partial charge in [0.25, 0.3) is 0 Å². The lowest BCUT2D eigenvalue weighted by Gasteiger charge is -2.10. The molecule has 1 aromatic carbocycles. The highest BCUT2D eigenvalue weighted by Gasteiger charge is 2.05. The highest BCUT2D eigenvalue weighted by atomic mass is 16.5. The number of hydrogen-bond acceptors (Lipinski definition) is 3. The van der Waals surface area contributed by atoms with Crippen LogP contribution < -0.4 is 4.74 Å². The molecule has 0 atom stereocenters. The number of hydrogen-bond donors (Lipinski definition) is 1. The van der Waals surface area contributed by atoms with Gasteiger partial charge >= 0.3 is 0 Å². The van der Waals surface area contributed by atoms with E-state index in [1.54, 1.807) is 6.07 Å². The average molecular weight is 243 g/mol. The highest BCUT2D eigenvalue weighted by molar-refractivity contribution is 5.37. The molecule has 1 heterocycles. The molecule has 0 aliphatic carbocycles. The van der Waals surface area contributed by atoms with Crippen LogP contribution in [0.25, 0.3) is 0 Å². The minimum absolute atomic E-state index is 0.00482. The van der Waals surface area contributed by atoms with Crippen molar-refractivity contribution in [2.75, 3.05) is 0 Å². The normalized spacial score (nSPS) is 10.4. The van der Waals surface area contributed by atoms with Gasteiger partial charge in [0.2, 0.25) is 5.88 Å². The molecule has 1 N–H and O–H groups in total. The first-order valence-electron chi connectivity index (χ1n) is 6.07. The highest BCUT2D eigenvalue weighted by Crippen LogP contribution is 2.25. The molecule has 0 fully saturated rings. The third-order valence-electron chi connectivity index (χ3n) is 2.74. The molecule has 18 heavy (non-hydrogen) atoms. The number of nitrogens with zero attached hydrogens (tertiary/aromatic N) is 1. The van der Waals surface area contributed by atoms with E-state index in [4.69, 9.17) is 4.74 Å². The summed E-state index contributed by atoms with van der Waals surface area (Å²) in [6.07, 6.45) is 0.912. The van der Waals surface area contributed by atoms with E-state index in [0.717, 1.165) is 29.0 Å². The third kappa shape index (κ3) is 2.87. The molecule has 3 nitrogen and oxygen atoms in total. The fourth-order valence-electron chi connectivity index (χ4n) is 1.86. The van der Waals surface area contributed by atoms with Gasteiger partial charge in [-0.3, -0.25) is 0 Å². The first kappa shape index (κ1) is 12.6. The topological polar surface area (TPSA) is 42.4 Å². The van der Waals surface area contributed by atoms with E-state index in [1.807, 2.05) is 37.3 Å². The van der Waals surface area contributed by atoms with Crippen molar-refractivity contribution in [3.05, 3.63) is 53.2 Å². The van der Waals surface area contributed by atoms with Crippen LogP contribution in [0.5, 0.6) is 11.6 Å². The molecule has 0 radical (unpaired) electrons. The Hall–Kier alpha value is -1.87. The molecule has 2 aromatic rings. The number of rotatable bonds is 4. The number of ether oxygens (including phenoxy) is 1. The van der Waals surface area contributed by atoms with Gasteiger partial charge in [-0.15, -0.1) is 0 Å². The van der Waals surface area contributed by atoms with Crippen LogP contribution in [-0.4, -0.2) is 10.1 Å². The molecule has 1 aromatic heterocycles. The first-order chi connectivity index (χ1) is 8.72. The zero-order chi connectivity index (χ0) is 13.0. The van der Waals surface area contributed by atoms with Crippen LogP contribution in [0.2, 0.25) is 0 Å². The molecule has 0 aliphatic heterocycles. The Morgan fingerprint density at radius 2 is 2.00 bits per heavy atom. The van der Waals surface area contributed by atoms with Crippen LogP contribution in [-0.2, 0) is 13.0 Å². The van der Waals surface area contributed by atoms with Gasteiger partial charge < -0.3 is 9.84 Å². The SMILES string of the molecule is CCc1ccccc1Oc1cc(CO)cc(C)n1. The number of benzene rings is 1. The molecule has 0 aliphatic rings. The van der Waals surface area contributed by atoms with E-state index >= 15 is 0 Å². The Balaban J connectivity index is 2.30. The van der Waals surface area contributed by atoms with Gasteiger partial charge in [0.1, 0.15) is 5.75 Å². The molecule has 0 unspecified atom stereocenters. The van der Waals surface area contributed by atoms with Crippen LogP contribution >= 0.6 is 0 Å². The second-order valence-corrected chi connectivity index (χ2v) is 4.18. The molecule has 0 bridgehead atoms. The number of para-hydroxylation sites is 1. The molecule has 0 spiro atoms. The standard InChI is InChI=1S/C15H17NO2/c1-3-13-6-4-5-7-14(13)18-15-9-12(10-17)8-11(2)16-15/h4-9,17H,3,10H2,1-2H3. The van der Waals surface area contributed by atoms with E-state index in [-0.39, 0.29) is 6.61 Å². The van der Waals surface area contributed by atoms with Gasteiger partial charge in [-0.05, 0) is 36.6 Å². The Kier molecular flexibility index (Phi) is 3.95. The van der Waals surface area contributed by atoms with Gasteiger partial charge in [0, 0.05) is 11.8 Å². The van der Waals surface area contributed by atoms with Crippen molar-refractivity contribution in [2.24, 2.45) is 0 Å². The fraction of sp³-hybridized carbons (Fsp3) is 0.267. The Morgan fingerprint density at radius 3 is 2.72 bits per heavy atom. The summed E-state index contributed by atoms with van der Waals surface area (Å²) in [5.74, 6) is 1.35. The lowest BCUT2D eigenvalue weighted by atomic mass is 10.1. The smallest absolute Gasteiger partial charge is 0.219 e. The zero-order valence-corrected chi connectivity index (χ0v) is 10.7. The summed E-state index contributed by atoms with van der Waals surface area (Å²) in [7, 11) is 0. The van der Waals surface area contributed by atoms with Gasteiger partial charge in [-0.25, -0.2) is 4.98 Å². The number of aromatic nitrogens is 1. The third-order valence-corrected chi connectivity index (χ3v) is 2.74. The number of aryl methyl sites for hydroxylation is 2. The maximum absolute atomic E-state index is 9.17. The number of aliphatic hydroxyl groups is 1. The van der Waals surface area contributed by atoms with Crippen LogP contribution in [0.4, 0.5) is 0 Å². The molecule has 3 heteroatoms. The largest absolute Gasteiger partial charge is 0.439 e. The van der Waals surface area contributed by atoms with Gasteiger partial charge in [-0.2, -0.15) is 0 Å².